The first-order chi connectivity index (χ1) is 9.56. The van der Waals surface area contributed by atoms with Crippen LogP contribution in [0.5, 0.6) is 0 Å². The van der Waals surface area contributed by atoms with Crippen LogP contribution in [-0.4, -0.2) is 21.4 Å². The quantitative estimate of drug-likeness (QED) is 0.658. The molecule has 0 saturated carbocycles. The van der Waals surface area contributed by atoms with Crippen LogP contribution in [0.3, 0.4) is 0 Å². The highest BCUT2D eigenvalue weighted by Gasteiger charge is 1.99. The van der Waals surface area contributed by atoms with E-state index in [0.717, 1.165) is 5.56 Å². The van der Waals surface area contributed by atoms with Crippen LogP contribution in [0.2, 0.25) is 0 Å². The van der Waals surface area contributed by atoms with Gasteiger partial charge in [0.2, 0.25) is 5.95 Å². The normalized spacial score (nSPS) is 11.2. The zero-order valence-electron chi connectivity index (χ0n) is 11.7. The lowest BCUT2D eigenvalue weighted by Crippen LogP contribution is -2.15. The van der Waals surface area contributed by atoms with Crippen molar-refractivity contribution in [2.45, 2.75) is 26.7 Å². The number of nitrogens with zero attached hydrogens (tertiary/aromatic N) is 3. The van der Waals surface area contributed by atoms with E-state index in [-0.39, 0.29) is 11.5 Å². The van der Waals surface area contributed by atoms with Crippen molar-refractivity contribution in [1.82, 2.24) is 15.2 Å². The number of anilines is 1. The molecule has 20 heavy (non-hydrogen) atoms. The number of aryl methyl sites for hydroxylation is 1. The van der Waals surface area contributed by atoms with Crippen molar-refractivity contribution in [3.63, 3.8) is 0 Å². The molecule has 1 heterocycles. The standard InChI is InChI=1S/C14H17N5O/c1-9(2)12-6-4-11(5-7-12)8-15-18-14-16-13(20)10(3)17-19-14/h4-9H,1-3H3,(H2,16,18,19,20)/b15-8-. The Balaban J connectivity index is 2.02. The molecule has 0 bridgehead atoms. The van der Waals surface area contributed by atoms with Crippen LogP contribution < -0.4 is 11.0 Å². The van der Waals surface area contributed by atoms with Crippen molar-refractivity contribution in [2.24, 2.45) is 5.10 Å². The van der Waals surface area contributed by atoms with Gasteiger partial charge in [0, 0.05) is 0 Å². The molecular formula is C14H17N5O. The molecule has 0 amide bonds. The maximum absolute atomic E-state index is 11.3. The Hall–Kier alpha value is -2.50. The van der Waals surface area contributed by atoms with Gasteiger partial charge in [-0.3, -0.25) is 9.78 Å². The second-order valence-corrected chi connectivity index (χ2v) is 4.78. The summed E-state index contributed by atoms with van der Waals surface area (Å²) in [5, 5.41) is 11.5. The molecule has 0 atom stereocenters. The zero-order valence-corrected chi connectivity index (χ0v) is 11.7. The summed E-state index contributed by atoms with van der Waals surface area (Å²) in [6.07, 6.45) is 1.66. The molecule has 0 radical (unpaired) electrons. The summed E-state index contributed by atoms with van der Waals surface area (Å²) in [5.41, 5.74) is 4.93. The van der Waals surface area contributed by atoms with Gasteiger partial charge in [0.25, 0.3) is 5.56 Å². The Kier molecular flexibility index (Phi) is 4.24. The van der Waals surface area contributed by atoms with E-state index in [2.05, 4.69) is 51.7 Å². The van der Waals surface area contributed by atoms with E-state index in [1.54, 1.807) is 13.1 Å². The van der Waals surface area contributed by atoms with Gasteiger partial charge in [-0.05, 0) is 24.0 Å². The van der Waals surface area contributed by atoms with Crippen molar-refractivity contribution in [1.29, 1.82) is 0 Å². The lowest BCUT2D eigenvalue weighted by atomic mass is 10.0. The Morgan fingerprint density at radius 1 is 1.25 bits per heavy atom. The van der Waals surface area contributed by atoms with Crippen molar-refractivity contribution >= 4 is 12.2 Å². The van der Waals surface area contributed by atoms with Gasteiger partial charge in [-0.1, -0.05) is 38.1 Å². The number of aromatic nitrogens is 3. The Morgan fingerprint density at radius 3 is 2.55 bits per heavy atom. The average Bonchev–Trinajstić information content (AvgIpc) is 2.43. The minimum Gasteiger partial charge on any atom is -0.288 e. The maximum atomic E-state index is 11.3. The topological polar surface area (TPSA) is 83.0 Å². The van der Waals surface area contributed by atoms with E-state index in [1.807, 2.05) is 12.1 Å². The molecule has 0 aliphatic carbocycles. The Morgan fingerprint density at radius 2 is 1.95 bits per heavy atom. The van der Waals surface area contributed by atoms with Gasteiger partial charge in [-0.2, -0.15) is 5.10 Å². The summed E-state index contributed by atoms with van der Waals surface area (Å²) in [6.45, 7) is 5.89. The second kappa shape index (κ2) is 6.10. The molecule has 0 saturated heterocycles. The maximum Gasteiger partial charge on any atom is 0.274 e. The van der Waals surface area contributed by atoms with Crippen LogP contribution in [0.4, 0.5) is 5.95 Å². The lowest BCUT2D eigenvalue weighted by molar-refractivity contribution is 0.866. The van der Waals surface area contributed by atoms with Gasteiger partial charge in [0.15, 0.2) is 0 Å². The molecule has 6 nitrogen and oxygen atoms in total. The van der Waals surface area contributed by atoms with E-state index in [9.17, 15) is 4.79 Å². The van der Waals surface area contributed by atoms with Crippen molar-refractivity contribution in [3.05, 3.63) is 51.4 Å². The number of hydrazone groups is 1. The van der Waals surface area contributed by atoms with Crippen LogP contribution in [0.25, 0.3) is 0 Å². The van der Waals surface area contributed by atoms with Crippen LogP contribution in [0, 0.1) is 6.92 Å². The van der Waals surface area contributed by atoms with Gasteiger partial charge >= 0.3 is 0 Å². The van der Waals surface area contributed by atoms with Crippen molar-refractivity contribution in [3.8, 4) is 0 Å². The smallest absolute Gasteiger partial charge is 0.274 e. The predicted octanol–water partition coefficient (Wildman–Crippen LogP) is 2.04. The third kappa shape index (κ3) is 3.50. The number of aromatic amines is 1. The minimum absolute atomic E-state index is 0.218. The molecule has 0 fully saturated rings. The molecule has 2 rings (SSSR count). The third-order valence-electron chi connectivity index (χ3n) is 2.85. The van der Waals surface area contributed by atoms with Gasteiger partial charge in [-0.15, -0.1) is 10.2 Å². The Labute approximate surface area is 117 Å². The highest BCUT2D eigenvalue weighted by atomic mass is 16.1. The van der Waals surface area contributed by atoms with Gasteiger partial charge < -0.3 is 0 Å². The lowest BCUT2D eigenvalue weighted by Gasteiger charge is -2.04. The van der Waals surface area contributed by atoms with Crippen LogP contribution >= 0.6 is 0 Å². The minimum atomic E-state index is -0.279. The summed E-state index contributed by atoms with van der Waals surface area (Å²) in [6, 6.07) is 8.12. The van der Waals surface area contributed by atoms with E-state index < -0.39 is 0 Å². The number of benzene rings is 1. The Bertz CT molecular complexity index is 658. The zero-order chi connectivity index (χ0) is 14.5. The summed E-state index contributed by atoms with van der Waals surface area (Å²) >= 11 is 0. The molecule has 104 valence electrons. The predicted molar refractivity (Wildman–Crippen MR) is 79.1 cm³/mol. The van der Waals surface area contributed by atoms with Crippen molar-refractivity contribution in [2.75, 3.05) is 5.43 Å². The molecular weight excluding hydrogens is 254 g/mol. The van der Waals surface area contributed by atoms with E-state index in [4.69, 9.17) is 0 Å². The fourth-order valence-corrected chi connectivity index (χ4v) is 1.58. The molecule has 0 spiro atoms. The van der Waals surface area contributed by atoms with Gasteiger partial charge in [-0.25, -0.2) is 5.43 Å². The van der Waals surface area contributed by atoms with E-state index in [0.29, 0.717) is 11.6 Å². The summed E-state index contributed by atoms with van der Waals surface area (Å²) in [4.78, 5) is 13.9. The summed E-state index contributed by atoms with van der Waals surface area (Å²) in [7, 11) is 0. The largest absolute Gasteiger partial charge is 0.288 e. The molecule has 1 aromatic heterocycles. The molecule has 6 heteroatoms. The van der Waals surface area contributed by atoms with Crippen LogP contribution in [0.15, 0.2) is 34.2 Å². The first-order valence-electron chi connectivity index (χ1n) is 6.39. The third-order valence-corrected chi connectivity index (χ3v) is 2.85. The number of nitrogens with one attached hydrogen (secondary N) is 2. The number of hydrogen-bond acceptors (Lipinski definition) is 5. The SMILES string of the molecule is Cc1nnc(N/N=C\c2ccc(C(C)C)cc2)[nH]c1=O. The van der Waals surface area contributed by atoms with E-state index >= 15 is 0 Å². The fourth-order valence-electron chi connectivity index (χ4n) is 1.58. The number of hydrogen-bond donors (Lipinski definition) is 2. The van der Waals surface area contributed by atoms with Crippen LogP contribution in [-0.2, 0) is 0 Å². The monoisotopic (exact) mass is 271 g/mol. The van der Waals surface area contributed by atoms with Gasteiger partial charge in [0.1, 0.15) is 5.69 Å². The fraction of sp³-hybridized carbons (Fsp3) is 0.286. The molecule has 2 N–H and O–H groups in total. The average molecular weight is 271 g/mol. The molecule has 0 aliphatic heterocycles. The first kappa shape index (κ1) is 13.9. The highest BCUT2D eigenvalue weighted by Crippen LogP contribution is 2.13. The summed E-state index contributed by atoms with van der Waals surface area (Å²) in [5.74, 6) is 0.725. The molecule has 1 aromatic carbocycles. The summed E-state index contributed by atoms with van der Waals surface area (Å²) < 4.78 is 0. The van der Waals surface area contributed by atoms with Crippen molar-refractivity contribution < 1.29 is 0 Å². The van der Waals surface area contributed by atoms with E-state index in [1.165, 1.54) is 5.56 Å². The molecule has 2 aromatic rings. The molecule has 0 aliphatic rings. The highest BCUT2D eigenvalue weighted by molar-refractivity contribution is 5.80. The first-order valence-corrected chi connectivity index (χ1v) is 6.39. The number of H-pyrrole nitrogens is 1. The van der Waals surface area contributed by atoms with Crippen LogP contribution in [0.1, 0.15) is 36.6 Å². The van der Waals surface area contributed by atoms with Gasteiger partial charge in [0.05, 0.1) is 6.21 Å². The molecule has 0 unspecified atom stereocenters. The number of rotatable bonds is 4. The second-order valence-electron chi connectivity index (χ2n) is 4.78.